The molecule has 1 aliphatic rings. The van der Waals surface area contributed by atoms with Crippen molar-refractivity contribution in [1.82, 2.24) is 0 Å². The second-order valence-electron chi connectivity index (χ2n) is 5.99. The van der Waals surface area contributed by atoms with Gasteiger partial charge in [-0.05, 0) is 37.1 Å². The molecular formula is C17H17ClF3NO6S. The summed E-state index contributed by atoms with van der Waals surface area (Å²) in [5, 5.41) is 9.44. The normalized spacial score (nSPS) is 15.8. The number of fused-ring (bicyclic) bond motifs is 1. The number of benzene rings is 1. The first-order valence-electron chi connectivity index (χ1n) is 8.29. The Morgan fingerprint density at radius 3 is 2.62 bits per heavy atom. The Morgan fingerprint density at radius 2 is 2.00 bits per heavy atom. The summed E-state index contributed by atoms with van der Waals surface area (Å²) in [6, 6.07) is 1.39. The summed E-state index contributed by atoms with van der Waals surface area (Å²) >= 11 is 7.34. The van der Waals surface area contributed by atoms with Gasteiger partial charge in [-0.3, -0.25) is 0 Å². The molecule has 1 aliphatic heterocycles. The van der Waals surface area contributed by atoms with Crippen LogP contribution in [0.2, 0.25) is 5.02 Å². The predicted molar refractivity (Wildman–Crippen MR) is 101 cm³/mol. The van der Waals surface area contributed by atoms with Crippen LogP contribution >= 0.6 is 23.4 Å². The van der Waals surface area contributed by atoms with E-state index in [4.69, 9.17) is 21.1 Å². The Balaban J connectivity index is 2.10. The third-order valence-corrected chi connectivity index (χ3v) is 5.43. The SMILES string of the molecule is Cc1cc2c(c(C)c1Cl)C=C(C(=O)OCCSCCO[N+](=O)[O-])[C@@H](C(F)(F)F)O2. The molecule has 1 aromatic carbocycles. The van der Waals surface area contributed by atoms with E-state index in [1.54, 1.807) is 13.8 Å². The highest BCUT2D eigenvalue weighted by Crippen LogP contribution is 2.41. The fourth-order valence-corrected chi connectivity index (χ4v) is 3.35. The van der Waals surface area contributed by atoms with Gasteiger partial charge in [-0.1, -0.05) is 11.6 Å². The highest BCUT2D eigenvalue weighted by Gasteiger charge is 2.49. The molecule has 0 aromatic heterocycles. The molecule has 1 heterocycles. The summed E-state index contributed by atoms with van der Waals surface area (Å²) in [4.78, 5) is 26.4. The van der Waals surface area contributed by atoms with Crippen LogP contribution in [0.3, 0.4) is 0 Å². The van der Waals surface area contributed by atoms with Crippen molar-refractivity contribution < 1.29 is 37.4 Å². The number of ether oxygens (including phenoxy) is 2. The van der Waals surface area contributed by atoms with Crippen LogP contribution in [0.15, 0.2) is 11.6 Å². The molecular weight excluding hydrogens is 439 g/mol. The quantitative estimate of drug-likeness (QED) is 0.252. The van der Waals surface area contributed by atoms with Gasteiger partial charge >= 0.3 is 12.1 Å². The van der Waals surface area contributed by atoms with Gasteiger partial charge in [-0.25, -0.2) is 4.79 Å². The second-order valence-corrected chi connectivity index (χ2v) is 7.59. The maximum atomic E-state index is 13.4. The molecule has 1 aromatic rings. The van der Waals surface area contributed by atoms with Crippen molar-refractivity contribution in [2.45, 2.75) is 26.1 Å². The average molecular weight is 456 g/mol. The first-order valence-corrected chi connectivity index (χ1v) is 9.82. The van der Waals surface area contributed by atoms with E-state index in [2.05, 4.69) is 4.84 Å². The zero-order chi connectivity index (χ0) is 21.8. The highest BCUT2D eigenvalue weighted by atomic mass is 35.5. The van der Waals surface area contributed by atoms with E-state index in [-0.39, 0.29) is 30.5 Å². The Kier molecular flexibility index (Phi) is 7.64. The van der Waals surface area contributed by atoms with Crippen molar-refractivity contribution in [1.29, 1.82) is 0 Å². The lowest BCUT2D eigenvalue weighted by molar-refractivity contribution is -0.756. The standard InChI is InChI=1S/C17H17ClF3NO6S/c1-9-7-13-11(10(2)14(9)18)8-12(15(28-13)17(19,20)21)16(23)26-3-5-29-6-4-27-22(24)25/h7-8,15H,3-6H2,1-2H3/t15-/m0/s1. The third kappa shape index (κ3) is 5.92. The zero-order valence-electron chi connectivity index (χ0n) is 15.4. The fourth-order valence-electron chi connectivity index (χ4n) is 2.59. The zero-order valence-corrected chi connectivity index (χ0v) is 16.9. The van der Waals surface area contributed by atoms with Gasteiger partial charge in [0.25, 0.3) is 5.09 Å². The molecule has 0 amide bonds. The molecule has 0 radical (unpaired) electrons. The molecule has 0 bridgehead atoms. The van der Waals surface area contributed by atoms with Crippen LogP contribution < -0.4 is 4.74 Å². The number of esters is 1. The third-order valence-electron chi connectivity index (χ3n) is 3.94. The van der Waals surface area contributed by atoms with Gasteiger partial charge in [-0.15, -0.1) is 10.1 Å². The minimum atomic E-state index is -4.82. The number of aryl methyl sites for hydroxylation is 1. The Bertz CT molecular complexity index is 830. The summed E-state index contributed by atoms with van der Waals surface area (Å²) in [6.07, 6.45) is -6.18. The first-order chi connectivity index (χ1) is 13.5. The maximum Gasteiger partial charge on any atom is 0.430 e. The summed E-state index contributed by atoms with van der Waals surface area (Å²) in [6.45, 7) is 2.94. The molecule has 0 aliphatic carbocycles. The van der Waals surface area contributed by atoms with Gasteiger partial charge < -0.3 is 14.3 Å². The van der Waals surface area contributed by atoms with E-state index in [1.807, 2.05) is 0 Å². The van der Waals surface area contributed by atoms with Gasteiger partial charge in [0.05, 0.1) is 5.57 Å². The van der Waals surface area contributed by atoms with E-state index < -0.39 is 28.9 Å². The van der Waals surface area contributed by atoms with Gasteiger partial charge in [0.2, 0.25) is 6.10 Å². The van der Waals surface area contributed by atoms with Crippen molar-refractivity contribution in [2.75, 3.05) is 24.7 Å². The second kappa shape index (κ2) is 9.57. The van der Waals surface area contributed by atoms with Crippen molar-refractivity contribution in [3.63, 3.8) is 0 Å². The minimum Gasteiger partial charge on any atom is -0.475 e. The summed E-state index contributed by atoms with van der Waals surface area (Å²) in [5.74, 6) is -0.668. The van der Waals surface area contributed by atoms with Crippen molar-refractivity contribution in [2.24, 2.45) is 0 Å². The maximum absolute atomic E-state index is 13.4. The average Bonchev–Trinajstić information content (AvgIpc) is 2.63. The topological polar surface area (TPSA) is 87.9 Å². The number of thioether (sulfide) groups is 1. The van der Waals surface area contributed by atoms with Crippen LogP contribution in [0.25, 0.3) is 6.08 Å². The van der Waals surface area contributed by atoms with Gasteiger partial charge in [0.1, 0.15) is 19.0 Å². The van der Waals surface area contributed by atoms with E-state index in [1.165, 1.54) is 17.8 Å². The van der Waals surface area contributed by atoms with Gasteiger partial charge in [0, 0.05) is 22.1 Å². The largest absolute Gasteiger partial charge is 0.475 e. The molecule has 2 rings (SSSR count). The fraction of sp³-hybridized carbons (Fsp3) is 0.471. The first kappa shape index (κ1) is 23.1. The smallest absolute Gasteiger partial charge is 0.430 e. The number of alkyl halides is 3. The number of halogens is 4. The van der Waals surface area contributed by atoms with Crippen LogP contribution in [0.4, 0.5) is 13.2 Å². The van der Waals surface area contributed by atoms with E-state index in [0.717, 1.165) is 6.08 Å². The van der Waals surface area contributed by atoms with Crippen molar-refractivity contribution >= 4 is 35.4 Å². The molecule has 0 fully saturated rings. The number of carbonyl (C=O) groups excluding carboxylic acids is 1. The van der Waals surface area contributed by atoms with Crippen LogP contribution in [0, 0.1) is 24.0 Å². The number of carbonyl (C=O) groups is 1. The lowest BCUT2D eigenvalue weighted by Gasteiger charge is -2.29. The minimum absolute atomic E-state index is 0.00961. The predicted octanol–water partition coefficient (Wildman–Crippen LogP) is 4.15. The lowest BCUT2D eigenvalue weighted by Crippen LogP contribution is -2.41. The lowest BCUT2D eigenvalue weighted by atomic mass is 9.96. The Labute approximate surface area is 173 Å². The monoisotopic (exact) mass is 455 g/mol. The molecule has 0 spiro atoms. The van der Waals surface area contributed by atoms with Gasteiger partial charge in [-0.2, -0.15) is 24.9 Å². The van der Waals surface area contributed by atoms with E-state index >= 15 is 0 Å². The van der Waals surface area contributed by atoms with Crippen LogP contribution in [-0.4, -0.2) is 48.1 Å². The van der Waals surface area contributed by atoms with E-state index in [0.29, 0.717) is 21.7 Å². The Hall–Kier alpha value is -2.14. The van der Waals surface area contributed by atoms with Crippen LogP contribution in [-0.2, 0) is 14.4 Å². The molecule has 7 nitrogen and oxygen atoms in total. The molecule has 160 valence electrons. The number of hydrogen-bond donors (Lipinski definition) is 0. The number of nitrogens with zero attached hydrogens (tertiary/aromatic N) is 1. The number of hydrogen-bond acceptors (Lipinski definition) is 7. The van der Waals surface area contributed by atoms with Crippen molar-refractivity contribution in [3.05, 3.63) is 43.5 Å². The molecule has 0 saturated heterocycles. The molecule has 0 N–H and O–H groups in total. The van der Waals surface area contributed by atoms with Crippen LogP contribution in [0.5, 0.6) is 5.75 Å². The van der Waals surface area contributed by atoms with Crippen LogP contribution in [0.1, 0.15) is 16.7 Å². The molecule has 1 atom stereocenters. The highest BCUT2D eigenvalue weighted by molar-refractivity contribution is 7.99. The summed E-state index contributed by atoms with van der Waals surface area (Å²) < 4.78 is 50.4. The summed E-state index contributed by atoms with van der Waals surface area (Å²) in [7, 11) is 0. The number of rotatable bonds is 8. The summed E-state index contributed by atoms with van der Waals surface area (Å²) in [5.41, 5.74) is 0.671. The molecule has 12 heteroatoms. The molecule has 29 heavy (non-hydrogen) atoms. The van der Waals surface area contributed by atoms with Gasteiger partial charge in [0.15, 0.2) is 0 Å². The molecule has 0 saturated carbocycles. The van der Waals surface area contributed by atoms with E-state index in [9.17, 15) is 28.1 Å². The van der Waals surface area contributed by atoms with Crippen molar-refractivity contribution in [3.8, 4) is 5.75 Å². The Morgan fingerprint density at radius 1 is 1.34 bits per heavy atom. The molecule has 0 unspecified atom stereocenters.